The average Bonchev–Trinajstić information content (AvgIpc) is 2.65. The lowest BCUT2D eigenvalue weighted by Gasteiger charge is -2.09. The van der Waals surface area contributed by atoms with Crippen LogP contribution in [-0.4, -0.2) is 43.6 Å². The quantitative estimate of drug-likeness (QED) is 0.472. The van der Waals surface area contributed by atoms with E-state index < -0.39 is 15.8 Å². The van der Waals surface area contributed by atoms with E-state index in [9.17, 15) is 18.3 Å². The van der Waals surface area contributed by atoms with E-state index in [4.69, 9.17) is 14.6 Å². The average molecular weight is 392 g/mol. The molecule has 0 saturated carbocycles. The zero-order chi connectivity index (χ0) is 19.9. The Labute approximate surface area is 157 Å². The summed E-state index contributed by atoms with van der Waals surface area (Å²) < 4.78 is 35.4. The van der Waals surface area contributed by atoms with E-state index in [1.165, 1.54) is 30.3 Å². The monoisotopic (exact) mass is 392 g/mol. The van der Waals surface area contributed by atoms with Gasteiger partial charge in [-0.3, -0.25) is 0 Å². The minimum atomic E-state index is -3.47. The largest absolute Gasteiger partial charge is 0.507 e. The molecule has 2 aromatic carbocycles. The molecule has 0 atom stereocenters. The number of carboxylic acids is 1. The van der Waals surface area contributed by atoms with Crippen LogP contribution in [0.1, 0.15) is 16.8 Å². The second-order valence-corrected chi connectivity index (χ2v) is 7.69. The number of carbonyl (C=O) groups is 1. The van der Waals surface area contributed by atoms with Gasteiger partial charge >= 0.3 is 5.97 Å². The van der Waals surface area contributed by atoms with Crippen LogP contribution in [0.3, 0.4) is 0 Å². The summed E-state index contributed by atoms with van der Waals surface area (Å²) in [7, 11) is -3.47. The van der Waals surface area contributed by atoms with Gasteiger partial charge in [0.05, 0.1) is 17.3 Å². The molecule has 0 aliphatic rings. The van der Waals surface area contributed by atoms with Crippen molar-refractivity contribution in [1.29, 1.82) is 0 Å². The standard InChI is InChI=1S/C19H20O7S/c1-2-10-25-14-4-7-16(8-5-14)27(23,24)12-3-11-26-15-6-9-18(20)17(13-15)19(21)22/h2,4-9,13,20H,1,3,10-12H2,(H,21,22). The number of sulfone groups is 1. The van der Waals surface area contributed by atoms with E-state index >= 15 is 0 Å². The summed E-state index contributed by atoms with van der Waals surface area (Å²) >= 11 is 0. The fourth-order valence-electron chi connectivity index (χ4n) is 2.23. The van der Waals surface area contributed by atoms with Crippen LogP contribution in [0, 0.1) is 0 Å². The van der Waals surface area contributed by atoms with Gasteiger partial charge in [0, 0.05) is 0 Å². The molecule has 2 N–H and O–H groups in total. The third-order valence-electron chi connectivity index (χ3n) is 3.58. The first-order valence-electron chi connectivity index (χ1n) is 8.09. The van der Waals surface area contributed by atoms with Crippen molar-refractivity contribution in [2.45, 2.75) is 11.3 Å². The van der Waals surface area contributed by atoms with E-state index in [0.717, 1.165) is 0 Å². The number of hydrogen-bond acceptors (Lipinski definition) is 6. The van der Waals surface area contributed by atoms with Crippen molar-refractivity contribution >= 4 is 15.8 Å². The van der Waals surface area contributed by atoms with E-state index in [0.29, 0.717) is 12.4 Å². The van der Waals surface area contributed by atoms with Crippen molar-refractivity contribution in [3.63, 3.8) is 0 Å². The molecule has 0 aliphatic heterocycles. The topological polar surface area (TPSA) is 110 Å². The summed E-state index contributed by atoms with van der Waals surface area (Å²) in [4.78, 5) is 11.2. The molecule has 2 rings (SSSR count). The Morgan fingerprint density at radius 3 is 2.37 bits per heavy atom. The van der Waals surface area contributed by atoms with Crippen molar-refractivity contribution in [2.75, 3.05) is 19.0 Å². The summed E-state index contributed by atoms with van der Waals surface area (Å²) in [5, 5.41) is 18.4. The molecule has 0 amide bonds. The smallest absolute Gasteiger partial charge is 0.339 e. The fourth-order valence-corrected chi connectivity index (χ4v) is 3.52. The Morgan fingerprint density at radius 2 is 1.74 bits per heavy atom. The molecular formula is C19H20O7S. The van der Waals surface area contributed by atoms with E-state index in [1.54, 1.807) is 18.2 Å². The zero-order valence-electron chi connectivity index (χ0n) is 14.5. The molecule has 0 bridgehead atoms. The maximum absolute atomic E-state index is 12.3. The highest BCUT2D eigenvalue weighted by Gasteiger charge is 2.15. The number of ether oxygens (including phenoxy) is 2. The van der Waals surface area contributed by atoms with Crippen molar-refractivity contribution in [3.05, 3.63) is 60.7 Å². The van der Waals surface area contributed by atoms with Crippen molar-refractivity contribution in [3.8, 4) is 17.2 Å². The minimum absolute atomic E-state index is 0.0869. The van der Waals surface area contributed by atoms with Crippen molar-refractivity contribution in [2.24, 2.45) is 0 Å². The zero-order valence-corrected chi connectivity index (χ0v) is 15.3. The molecule has 8 heteroatoms. The van der Waals surface area contributed by atoms with E-state index in [-0.39, 0.29) is 40.7 Å². The number of hydrogen-bond donors (Lipinski definition) is 2. The van der Waals surface area contributed by atoms with Crippen LogP contribution >= 0.6 is 0 Å². The van der Waals surface area contributed by atoms with Gasteiger partial charge in [0.25, 0.3) is 0 Å². The van der Waals surface area contributed by atoms with Crippen LogP contribution in [0.15, 0.2) is 60.0 Å². The maximum Gasteiger partial charge on any atom is 0.339 e. The lowest BCUT2D eigenvalue weighted by Crippen LogP contribution is -2.10. The van der Waals surface area contributed by atoms with Gasteiger partial charge in [0.1, 0.15) is 29.4 Å². The summed E-state index contributed by atoms with van der Waals surface area (Å²) in [6.45, 7) is 3.96. The first-order chi connectivity index (χ1) is 12.8. The highest BCUT2D eigenvalue weighted by Crippen LogP contribution is 2.23. The van der Waals surface area contributed by atoms with Crippen LogP contribution in [0.5, 0.6) is 17.2 Å². The van der Waals surface area contributed by atoms with Gasteiger partial charge in [-0.1, -0.05) is 12.7 Å². The van der Waals surface area contributed by atoms with Crippen LogP contribution in [0.4, 0.5) is 0 Å². The number of aromatic hydroxyl groups is 1. The lowest BCUT2D eigenvalue weighted by atomic mass is 10.2. The van der Waals surface area contributed by atoms with Gasteiger partial charge in [-0.25, -0.2) is 13.2 Å². The minimum Gasteiger partial charge on any atom is -0.507 e. The molecule has 0 saturated heterocycles. The Balaban J connectivity index is 1.89. The van der Waals surface area contributed by atoms with Crippen LogP contribution in [0.2, 0.25) is 0 Å². The maximum atomic E-state index is 12.3. The van der Waals surface area contributed by atoms with E-state index in [2.05, 4.69) is 6.58 Å². The molecule has 0 aromatic heterocycles. The van der Waals surface area contributed by atoms with Gasteiger partial charge in [-0.15, -0.1) is 0 Å². The van der Waals surface area contributed by atoms with Gasteiger partial charge in [0.2, 0.25) is 0 Å². The summed E-state index contributed by atoms with van der Waals surface area (Å²) in [6.07, 6.45) is 1.82. The van der Waals surface area contributed by atoms with Crippen molar-refractivity contribution < 1.29 is 32.9 Å². The van der Waals surface area contributed by atoms with Gasteiger partial charge in [-0.2, -0.15) is 0 Å². The lowest BCUT2D eigenvalue weighted by molar-refractivity contribution is 0.0693. The number of carboxylic acid groups (broad SMARTS) is 1. The second-order valence-electron chi connectivity index (χ2n) is 5.58. The molecular weight excluding hydrogens is 372 g/mol. The molecule has 0 aliphatic carbocycles. The highest BCUT2D eigenvalue weighted by molar-refractivity contribution is 7.91. The van der Waals surface area contributed by atoms with Crippen molar-refractivity contribution in [1.82, 2.24) is 0 Å². The second kappa shape index (κ2) is 9.09. The molecule has 27 heavy (non-hydrogen) atoms. The number of rotatable bonds is 10. The SMILES string of the molecule is C=CCOc1ccc(S(=O)(=O)CCCOc2ccc(O)c(C(=O)O)c2)cc1. The molecule has 0 fully saturated rings. The molecule has 0 radical (unpaired) electrons. The normalized spacial score (nSPS) is 11.0. The predicted molar refractivity (Wildman–Crippen MR) is 99.4 cm³/mol. The Hall–Kier alpha value is -3.00. The highest BCUT2D eigenvalue weighted by atomic mass is 32.2. The molecule has 144 valence electrons. The Kier molecular flexibility index (Phi) is 6.84. The summed E-state index contributed by atoms with van der Waals surface area (Å²) in [6, 6.07) is 9.94. The van der Waals surface area contributed by atoms with Gasteiger partial charge < -0.3 is 19.7 Å². The van der Waals surface area contributed by atoms with Gasteiger partial charge in [-0.05, 0) is 48.9 Å². The van der Waals surface area contributed by atoms with Crippen LogP contribution in [-0.2, 0) is 9.84 Å². The molecule has 7 nitrogen and oxygen atoms in total. The van der Waals surface area contributed by atoms with E-state index in [1.807, 2.05) is 0 Å². The number of benzene rings is 2. The number of aromatic carboxylic acids is 1. The molecule has 2 aromatic rings. The molecule has 0 heterocycles. The summed E-state index contributed by atoms with van der Waals surface area (Å²) in [5.41, 5.74) is -0.279. The third kappa shape index (κ3) is 5.75. The first-order valence-corrected chi connectivity index (χ1v) is 9.74. The van der Waals surface area contributed by atoms with Crippen LogP contribution in [0.25, 0.3) is 0 Å². The Bertz CT molecular complexity index is 902. The predicted octanol–water partition coefficient (Wildman–Crippen LogP) is 2.90. The third-order valence-corrected chi connectivity index (χ3v) is 5.39. The molecule has 0 spiro atoms. The van der Waals surface area contributed by atoms with Gasteiger partial charge in [0.15, 0.2) is 9.84 Å². The molecule has 0 unspecified atom stereocenters. The first kappa shape index (κ1) is 20.3. The fraction of sp³-hybridized carbons (Fsp3) is 0.211. The summed E-state index contributed by atoms with van der Waals surface area (Å²) in [5.74, 6) is -0.965. The number of phenols is 1. The Morgan fingerprint density at radius 1 is 1.07 bits per heavy atom. The van der Waals surface area contributed by atoms with Crippen LogP contribution < -0.4 is 9.47 Å².